The number of hydrogen-bond acceptors (Lipinski definition) is 7. The van der Waals surface area contributed by atoms with E-state index < -0.39 is 6.67 Å². The minimum atomic E-state index is -0.651. The molecular weight excluding hydrogens is 523 g/mol. The highest BCUT2D eigenvalue weighted by atomic mass is 19.1. The van der Waals surface area contributed by atoms with Crippen molar-refractivity contribution in [3.63, 3.8) is 0 Å². The van der Waals surface area contributed by atoms with Crippen LogP contribution in [0, 0.1) is 6.92 Å². The fraction of sp³-hybridized carbons (Fsp3) is 0.400. The molecule has 11 heteroatoms. The first-order valence-corrected chi connectivity index (χ1v) is 13.7. The number of nitrogens with zero attached hydrogens (tertiary/aromatic N) is 6. The van der Waals surface area contributed by atoms with Crippen LogP contribution in [-0.2, 0) is 19.8 Å². The summed E-state index contributed by atoms with van der Waals surface area (Å²) in [4.78, 5) is 42.7. The number of urea groups is 1. The fourth-order valence-electron chi connectivity index (χ4n) is 4.78. The average molecular weight is 563 g/mol. The van der Waals surface area contributed by atoms with Crippen LogP contribution in [0.3, 0.4) is 0 Å². The van der Waals surface area contributed by atoms with Crippen molar-refractivity contribution in [2.75, 3.05) is 68.3 Å². The van der Waals surface area contributed by atoms with Gasteiger partial charge in [0.15, 0.2) is 0 Å². The van der Waals surface area contributed by atoms with Gasteiger partial charge in [-0.25, -0.2) is 14.2 Å². The smallest absolute Gasteiger partial charge is 0.330 e. The number of amides is 3. The molecule has 0 bridgehead atoms. The van der Waals surface area contributed by atoms with Crippen molar-refractivity contribution in [3.8, 4) is 0 Å². The minimum Gasteiger partial charge on any atom is -0.357 e. The van der Waals surface area contributed by atoms with Crippen molar-refractivity contribution >= 4 is 35.1 Å². The first-order chi connectivity index (χ1) is 19.6. The molecule has 1 aliphatic rings. The van der Waals surface area contributed by atoms with Crippen LogP contribution in [0.1, 0.15) is 39.5 Å². The highest BCUT2D eigenvalue weighted by Crippen LogP contribution is 2.33. The number of anilines is 4. The maximum Gasteiger partial charge on any atom is 0.330 e. The van der Waals surface area contributed by atoms with Gasteiger partial charge in [-0.3, -0.25) is 19.5 Å². The Bertz CT molecular complexity index is 1410. The lowest BCUT2D eigenvalue weighted by molar-refractivity contribution is 0.102. The van der Waals surface area contributed by atoms with E-state index in [0.29, 0.717) is 47.4 Å². The molecule has 2 aromatic carbocycles. The number of likely N-dealkylation sites (N-methyl/N-ethyl adjacent to an activating group) is 2. The van der Waals surface area contributed by atoms with Crippen molar-refractivity contribution < 1.29 is 14.0 Å². The number of benzene rings is 2. The van der Waals surface area contributed by atoms with Gasteiger partial charge in [0.05, 0.1) is 12.2 Å². The molecule has 41 heavy (non-hydrogen) atoms. The van der Waals surface area contributed by atoms with Crippen molar-refractivity contribution in [2.45, 2.75) is 33.6 Å². The lowest BCUT2D eigenvalue weighted by atomic mass is 10.0. The maximum atomic E-state index is 14.0. The van der Waals surface area contributed by atoms with Crippen LogP contribution in [0.2, 0.25) is 0 Å². The van der Waals surface area contributed by atoms with Crippen molar-refractivity contribution in [1.82, 2.24) is 19.8 Å². The second-order valence-corrected chi connectivity index (χ2v) is 10.5. The number of nitrogens with one attached hydrogen (secondary N) is 2. The van der Waals surface area contributed by atoms with Crippen LogP contribution in [0.4, 0.5) is 32.3 Å². The second kappa shape index (κ2) is 13.0. The van der Waals surface area contributed by atoms with Gasteiger partial charge in [-0.2, -0.15) is 4.98 Å². The highest BCUT2D eigenvalue weighted by Gasteiger charge is 2.31. The van der Waals surface area contributed by atoms with Gasteiger partial charge in [0.2, 0.25) is 5.95 Å². The van der Waals surface area contributed by atoms with Crippen molar-refractivity contribution in [2.24, 2.45) is 0 Å². The van der Waals surface area contributed by atoms with E-state index in [0.717, 1.165) is 36.3 Å². The summed E-state index contributed by atoms with van der Waals surface area (Å²) in [5.41, 5.74) is 4.64. The van der Waals surface area contributed by atoms with Gasteiger partial charge in [0.1, 0.15) is 12.5 Å². The predicted octanol–water partition coefficient (Wildman–Crippen LogP) is 4.51. The van der Waals surface area contributed by atoms with E-state index in [1.54, 1.807) is 49.5 Å². The van der Waals surface area contributed by atoms with Gasteiger partial charge in [-0.05, 0) is 68.5 Å². The second-order valence-electron chi connectivity index (χ2n) is 10.5. The van der Waals surface area contributed by atoms with Gasteiger partial charge in [0, 0.05) is 56.7 Å². The van der Waals surface area contributed by atoms with E-state index in [1.807, 2.05) is 33.2 Å². The van der Waals surface area contributed by atoms with Crippen LogP contribution in [0.5, 0.6) is 0 Å². The molecule has 0 fully saturated rings. The van der Waals surface area contributed by atoms with Gasteiger partial charge >= 0.3 is 6.03 Å². The molecular formula is C30H39FN8O2. The van der Waals surface area contributed by atoms with Crippen LogP contribution in [0.15, 0.2) is 42.6 Å². The lowest BCUT2D eigenvalue weighted by Crippen LogP contribution is -2.46. The summed E-state index contributed by atoms with van der Waals surface area (Å²) in [5, 5.41) is 5.81. The Balaban J connectivity index is 1.52. The number of aromatic nitrogens is 2. The summed E-state index contributed by atoms with van der Waals surface area (Å²) >= 11 is 0. The van der Waals surface area contributed by atoms with E-state index in [4.69, 9.17) is 0 Å². The molecule has 3 amide bonds. The maximum absolute atomic E-state index is 14.0. The van der Waals surface area contributed by atoms with Gasteiger partial charge in [-0.1, -0.05) is 19.1 Å². The zero-order valence-electron chi connectivity index (χ0n) is 24.7. The Labute approximate surface area is 241 Å². The van der Waals surface area contributed by atoms with E-state index in [2.05, 4.69) is 37.3 Å². The molecule has 10 nitrogen and oxygen atoms in total. The monoisotopic (exact) mass is 562 g/mol. The SMILES string of the molecule is CCN(CCN(C)C)Cc1ccc(C(=O)Nc2ccc(C)c(N3Cc4cnc(NC)nc4N(C)C3=O)c2)cc1CF. The number of hydrogen-bond donors (Lipinski definition) is 2. The number of rotatable bonds is 11. The number of fused-ring (bicyclic) bond motifs is 1. The number of aryl methyl sites for hydroxylation is 1. The molecule has 0 atom stereocenters. The Morgan fingerprint density at radius 3 is 2.59 bits per heavy atom. The number of alkyl halides is 1. The van der Waals surface area contributed by atoms with Crippen LogP contribution < -0.4 is 20.4 Å². The van der Waals surface area contributed by atoms with E-state index in [-0.39, 0.29) is 11.9 Å². The Morgan fingerprint density at radius 2 is 1.90 bits per heavy atom. The Kier molecular flexibility index (Phi) is 9.51. The lowest BCUT2D eigenvalue weighted by Gasteiger charge is -2.35. The van der Waals surface area contributed by atoms with E-state index in [9.17, 15) is 14.0 Å². The van der Waals surface area contributed by atoms with Crippen molar-refractivity contribution in [3.05, 3.63) is 70.4 Å². The molecule has 218 valence electrons. The van der Waals surface area contributed by atoms with Gasteiger partial charge in [0.25, 0.3) is 5.91 Å². The summed E-state index contributed by atoms with van der Waals surface area (Å²) < 4.78 is 14.0. The normalized spacial score (nSPS) is 13.1. The Morgan fingerprint density at radius 1 is 1.12 bits per heavy atom. The minimum absolute atomic E-state index is 0.236. The molecule has 0 aliphatic carbocycles. The largest absolute Gasteiger partial charge is 0.357 e. The molecule has 0 unspecified atom stereocenters. The van der Waals surface area contributed by atoms with Gasteiger partial charge in [-0.15, -0.1) is 0 Å². The summed E-state index contributed by atoms with van der Waals surface area (Å²) in [6.07, 6.45) is 1.71. The average Bonchev–Trinajstić information content (AvgIpc) is 2.97. The molecule has 0 saturated heterocycles. The third-order valence-electron chi connectivity index (χ3n) is 7.30. The first kappa shape index (κ1) is 29.9. The third-order valence-corrected chi connectivity index (χ3v) is 7.30. The molecule has 0 radical (unpaired) electrons. The van der Waals surface area contributed by atoms with E-state index in [1.165, 1.54) is 4.90 Å². The number of carbonyl (C=O) groups is 2. The van der Waals surface area contributed by atoms with Crippen LogP contribution in [0.25, 0.3) is 0 Å². The summed E-state index contributed by atoms with van der Waals surface area (Å²) in [5.74, 6) is 0.648. The molecule has 2 N–H and O–H groups in total. The summed E-state index contributed by atoms with van der Waals surface area (Å²) in [6.45, 7) is 6.90. The molecule has 1 aromatic heterocycles. The van der Waals surface area contributed by atoms with Crippen LogP contribution >= 0.6 is 0 Å². The highest BCUT2D eigenvalue weighted by molar-refractivity contribution is 6.07. The molecule has 3 aromatic rings. The quantitative estimate of drug-likeness (QED) is 0.355. The number of halogens is 1. The standard InChI is InChI=1S/C30H39FN8O2/c1-7-38(13-12-36(4)5)18-22-10-9-21(14-23(22)16-31)28(40)34-25-11-8-20(2)26(15-25)39-19-24-17-33-29(32-3)35-27(24)37(6)30(39)41/h8-11,14-15,17H,7,12-13,16,18-19H2,1-6H3,(H,34,40)(H,32,33,35). The topological polar surface area (TPSA) is 96.9 Å². The van der Waals surface area contributed by atoms with Gasteiger partial charge < -0.3 is 15.5 Å². The summed E-state index contributed by atoms with van der Waals surface area (Å²) in [7, 11) is 7.46. The summed E-state index contributed by atoms with van der Waals surface area (Å²) in [6, 6.07) is 10.4. The van der Waals surface area contributed by atoms with Crippen LogP contribution in [-0.4, -0.2) is 79.5 Å². The predicted molar refractivity (Wildman–Crippen MR) is 161 cm³/mol. The molecule has 4 rings (SSSR count). The first-order valence-electron chi connectivity index (χ1n) is 13.7. The molecule has 1 aliphatic heterocycles. The number of carbonyl (C=O) groups excluding carboxylic acids is 2. The van der Waals surface area contributed by atoms with Crippen molar-refractivity contribution in [1.29, 1.82) is 0 Å². The molecule has 0 spiro atoms. The molecule has 0 saturated carbocycles. The molecule has 2 heterocycles. The Hall–Kier alpha value is -4.09. The fourth-order valence-corrected chi connectivity index (χ4v) is 4.78. The third kappa shape index (κ3) is 6.80. The zero-order chi connectivity index (χ0) is 29.7. The van der Waals surface area contributed by atoms with E-state index >= 15 is 0 Å². The zero-order valence-corrected chi connectivity index (χ0v) is 24.7.